The predicted molar refractivity (Wildman–Crippen MR) is 81.8 cm³/mol. The smallest absolute Gasteiger partial charge is 0.212 e. The molecule has 2 rings (SSSR count). The van der Waals surface area contributed by atoms with E-state index in [1.807, 2.05) is 31.2 Å². The minimum absolute atomic E-state index is 0.163. The minimum Gasteiger partial charge on any atom is -0.212 e. The number of aryl methyl sites for hydroxylation is 1. The van der Waals surface area contributed by atoms with Gasteiger partial charge in [-0.1, -0.05) is 42.0 Å². The molecule has 1 atom stereocenters. The minimum atomic E-state index is -3.48. The Morgan fingerprint density at radius 3 is 2.19 bits per heavy atom. The monoisotopic (exact) mass is 307 g/mol. The molecule has 2 aromatic carbocycles. The number of hydrogen-bond acceptors (Lipinski definition) is 2. The van der Waals surface area contributed by atoms with Gasteiger partial charge in [-0.2, -0.15) is 0 Å². The molecular weight excluding hydrogens is 289 g/mol. The molecule has 0 bridgehead atoms. The van der Waals surface area contributed by atoms with Gasteiger partial charge in [-0.3, -0.25) is 0 Å². The second-order valence-corrected chi connectivity index (χ2v) is 6.89. The highest BCUT2D eigenvalue weighted by atomic mass is 32.2. The van der Waals surface area contributed by atoms with Crippen LogP contribution in [0.5, 0.6) is 0 Å². The maximum Gasteiger partial charge on any atom is 0.216 e. The van der Waals surface area contributed by atoms with Crippen molar-refractivity contribution >= 4 is 10.0 Å². The van der Waals surface area contributed by atoms with Crippen molar-refractivity contribution in [1.82, 2.24) is 4.72 Å². The van der Waals surface area contributed by atoms with Gasteiger partial charge in [0.2, 0.25) is 10.0 Å². The fourth-order valence-electron chi connectivity index (χ4n) is 2.03. The summed E-state index contributed by atoms with van der Waals surface area (Å²) in [6.07, 6.45) is 0. The van der Waals surface area contributed by atoms with Crippen molar-refractivity contribution < 1.29 is 12.8 Å². The van der Waals surface area contributed by atoms with Crippen LogP contribution < -0.4 is 4.72 Å². The average Bonchev–Trinajstić information content (AvgIpc) is 2.41. The summed E-state index contributed by atoms with van der Waals surface area (Å²) in [6.45, 7) is 3.78. The standard InChI is InChI=1S/C16H18FNO2S/c1-12-3-7-15(8-4-12)13(2)18-21(19,20)11-14-5-9-16(17)10-6-14/h3-10,13,18H,11H2,1-2H3/t13-/m1/s1. The molecule has 0 saturated heterocycles. The first-order valence-electron chi connectivity index (χ1n) is 6.67. The van der Waals surface area contributed by atoms with Crippen LogP contribution in [0.1, 0.15) is 29.7 Å². The fourth-order valence-corrected chi connectivity index (χ4v) is 3.42. The molecule has 0 amide bonds. The Labute approximate surface area is 124 Å². The highest BCUT2D eigenvalue weighted by Gasteiger charge is 2.16. The molecule has 0 saturated carbocycles. The zero-order valence-corrected chi connectivity index (χ0v) is 12.8. The molecule has 5 heteroatoms. The van der Waals surface area contributed by atoms with Crippen molar-refractivity contribution in [3.05, 3.63) is 71.0 Å². The molecular formula is C16H18FNO2S. The van der Waals surface area contributed by atoms with Gasteiger partial charge in [-0.15, -0.1) is 0 Å². The number of halogens is 1. The van der Waals surface area contributed by atoms with Crippen molar-refractivity contribution in [3.63, 3.8) is 0 Å². The van der Waals surface area contributed by atoms with E-state index >= 15 is 0 Å². The summed E-state index contributed by atoms with van der Waals surface area (Å²) in [6, 6.07) is 12.9. The molecule has 0 aromatic heterocycles. The van der Waals surface area contributed by atoms with E-state index in [2.05, 4.69) is 4.72 Å². The maximum absolute atomic E-state index is 12.8. The fraction of sp³-hybridized carbons (Fsp3) is 0.250. The van der Waals surface area contributed by atoms with Gasteiger partial charge in [-0.25, -0.2) is 17.5 Å². The number of nitrogens with one attached hydrogen (secondary N) is 1. The molecule has 0 aliphatic carbocycles. The summed E-state index contributed by atoms with van der Waals surface area (Å²) in [5, 5.41) is 0. The van der Waals surface area contributed by atoms with Crippen molar-refractivity contribution in [2.45, 2.75) is 25.6 Å². The second-order valence-electron chi connectivity index (χ2n) is 5.14. The number of sulfonamides is 1. The third kappa shape index (κ3) is 4.65. The summed E-state index contributed by atoms with van der Waals surface area (Å²) in [5.74, 6) is -0.541. The molecule has 0 unspecified atom stereocenters. The van der Waals surface area contributed by atoms with Crippen LogP contribution in [-0.4, -0.2) is 8.42 Å². The van der Waals surface area contributed by atoms with Crippen LogP contribution in [0.25, 0.3) is 0 Å². The van der Waals surface area contributed by atoms with Crippen LogP contribution in [0, 0.1) is 12.7 Å². The van der Waals surface area contributed by atoms with Gasteiger partial charge in [0.1, 0.15) is 5.82 Å². The van der Waals surface area contributed by atoms with E-state index < -0.39 is 10.0 Å². The molecule has 0 aliphatic heterocycles. The lowest BCUT2D eigenvalue weighted by Gasteiger charge is -2.15. The van der Waals surface area contributed by atoms with Crippen molar-refractivity contribution in [2.24, 2.45) is 0 Å². The van der Waals surface area contributed by atoms with E-state index in [1.165, 1.54) is 24.3 Å². The van der Waals surface area contributed by atoms with Crippen molar-refractivity contribution in [2.75, 3.05) is 0 Å². The predicted octanol–water partition coefficient (Wildman–Crippen LogP) is 3.31. The third-order valence-electron chi connectivity index (χ3n) is 3.20. The Balaban J connectivity index is 2.06. The third-order valence-corrected chi connectivity index (χ3v) is 4.63. The van der Waals surface area contributed by atoms with E-state index in [0.717, 1.165) is 11.1 Å². The normalized spacial score (nSPS) is 13.1. The zero-order valence-electron chi connectivity index (χ0n) is 12.0. The van der Waals surface area contributed by atoms with Gasteiger partial charge in [-0.05, 0) is 37.1 Å². The summed E-state index contributed by atoms with van der Waals surface area (Å²) < 4.78 is 39.7. The molecule has 112 valence electrons. The Hall–Kier alpha value is -1.72. The average molecular weight is 307 g/mol. The van der Waals surface area contributed by atoms with E-state index in [-0.39, 0.29) is 17.6 Å². The summed E-state index contributed by atoms with van der Waals surface area (Å²) in [7, 11) is -3.48. The maximum atomic E-state index is 12.8. The Bertz CT molecular complexity index is 694. The van der Waals surface area contributed by atoms with Crippen molar-refractivity contribution in [1.29, 1.82) is 0 Å². The summed E-state index contributed by atoms with van der Waals surface area (Å²) in [5.41, 5.74) is 2.59. The Kier molecular flexibility index (Phi) is 4.75. The van der Waals surface area contributed by atoms with Crippen LogP contribution >= 0.6 is 0 Å². The number of hydrogen-bond donors (Lipinski definition) is 1. The van der Waals surface area contributed by atoms with E-state index in [4.69, 9.17) is 0 Å². The molecule has 2 aromatic rings. The van der Waals surface area contributed by atoms with Gasteiger partial charge in [0.05, 0.1) is 5.75 Å². The van der Waals surface area contributed by atoms with Crippen LogP contribution in [0.15, 0.2) is 48.5 Å². The highest BCUT2D eigenvalue weighted by Crippen LogP contribution is 2.15. The van der Waals surface area contributed by atoms with Crippen LogP contribution in [-0.2, 0) is 15.8 Å². The molecule has 0 heterocycles. The Morgan fingerprint density at radius 2 is 1.62 bits per heavy atom. The molecule has 0 fully saturated rings. The molecule has 0 radical (unpaired) electrons. The van der Waals surface area contributed by atoms with Gasteiger partial charge in [0, 0.05) is 6.04 Å². The van der Waals surface area contributed by atoms with E-state index in [9.17, 15) is 12.8 Å². The molecule has 21 heavy (non-hydrogen) atoms. The van der Waals surface area contributed by atoms with Gasteiger partial charge < -0.3 is 0 Å². The molecule has 1 N–H and O–H groups in total. The lowest BCUT2D eigenvalue weighted by atomic mass is 10.1. The lowest BCUT2D eigenvalue weighted by Crippen LogP contribution is -2.28. The Morgan fingerprint density at radius 1 is 1.05 bits per heavy atom. The molecule has 0 aliphatic rings. The van der Waals surface area contributed by atoms with Crippen LogP contribution in [0.3, 0.4) is 0 Å². The molecule has 0 spiro atoms. The van der Waals surface area contributed by atoms with Crippen molar-refractivity contribution in [3.8, 4) is 0 Å². The first-order valence-corrected chi connectivity index (χ1v) is 8.32. The van der Waals surface area contributed by atoms with Crippen LogP contribution in [0.2, 0.25) is 0 Å². The number of benzene rings is 2. The number of rotatable bonds is 5. The second kappa shape index (κ2) is 6.37. The zero-order chi connectivity index (χ0) is 15.5. The summed E-state index contributed by atoms with van der Waals surface area (Å²) in [4.78, 5) is 0. The van der Waals surface area contributed by atoms with Gasteiger partial charge >= 0.3 is 0 Å². The quantitative estimate of drug-likeness (QED) is 0.921. The van der Waals surface area contributed by atoms with Gasteiger partial charge in [0.15, 0.2) is 0 Å². The van der Waals surface area contributed by atoms with E-state index in [1.54, 1.807) is 6.92 Å². The largest absolute Gasteiger partial charge is 0.216 e. The first kappa shape index (κ1) is 15.7. The SMILES string of the molecule is Cc1ccc([C@@H](C)NS(=O)(=O)Cc2ccc(F)cc2)cc1. The molecule has 3 nitrogen and oxygen atoms in total. The van der Waals surface area contributed by atoms with Gasteiger partial charge in [0.25, 0.3) is 0 Å². The topological polar surface area (TPSA) is 46.2 Å². The highest BCUT2D eigenvalue weighted by molar-refractivity contribution is 7.88. The summed E-state index contributed by atoms with van der Waals surface area (Å²) >= 11 is 0. The first-order chi connectivity index (χ1) is 9.85. The van der Waals surface area contributed by atoms with Crippen LogP contribution in [0.4, 0.5) is 4.39 Å². The van der Waals surface area contributed by atoms with E-state index in [0.29, 0.717) is 5.56 Å². The lowest BCUT2D eigenvalue weighted by molar-refractivity contribution is 0.566.